The summed E-state index contributed by atoms with van der Waals surface area (Å²) in [5.74, 6) is 7.96. The van der Waals surface area contributed by atoms with Gasteiger partial charge in [0.25, 0.3) is 0 Å². The van der Waals surface area contributed by atoms with Gasteiger partial charge in [0.05, 0.1) is 0 Å². The molecule has 4 unspecified atom stereocenters. The predicted octanol–water partition coefficient (Wildman–Crippen LogP) is 15.2. The van der Waals surface area contributed by atoms with Gasteiger partial charge in [-0.2, -0.15) is 0 Å². The smallest absolute Gasteiger partial charge is 0.0411 e. The van der Waals surface area contributed by atoms with Gasteiger partial charge in [-0.05, 0) is 65.1 Å². The van der Waals surface area contributed by atoms with E-state index in [1.807, 2.05) is 0 Å². The van der Waals surface area contributed by atoms with Crippen LogP contribution in [0.2, 0.25) is 0 Å². The lowest BCUT2D eigenvalue weighted by atomic mass is 9.92. The molecule has 0 spiro atoms. The minimum Gasteiger partial charge on any atom is -0.0654 e. The molecule has 246 valence electrons. The molecular formula is C39H90. The second kappa shape index (κ2) is 34.2. The fourth-order valence-corrected chi connectivity index (χ4v) is 2.69. The SMILES string of the molecule is CC(C)(C)C.CC(C)C.CC(C)C(C)C.CCC(C)C(C)C.CCC(C)C(C)CC.CCCC(C)CC(C)C. The van der Waals surface area contributed by atoms with E-state index >= 15 is 0 Å². The summed E-state index contributed by atoms with van der Waals surface area (Å²) in [6.45, 7) is 51.7. The van der Waals surface area contributed by atoms with Crippen LogP contribution in [-0.2, 0) is 0 Å². The lowest BCUT2D eigenvalue weighted by molar-refractivity contribution is 0.367. The highest BCUT2D eigenvalue weighted by Gasteiger charge is 2.05. The highest BCUT2D eigenvalue weighted by molar-refractivity contribution is 4.57. The molecule has 0 saturated heterocycles. The topological polar surface area (TPSA) is 0 Å². The zero-order chi connectivity index (χ0) is 32.9. The average molecular weight is 559 g/mol. The van der Waals surface area contributed by atoms with Crippen molar-refractivity contribution in [3.8, 4) is 0 Å². The minimum absolute atomic E-state index is 0.500. The zero-order valence-electron chi connectivity index (χ0n) is 32.9. The van der Waals surface area contributed by atoms with Crippen molar-refractivity contribution in [2.45, 2.75) is 198 Å². The van der Waals surface area contributed by atoms with Crippen LogP contribution in [0.25, 0.3) is 0 Å². The van der Waals surface area contributed by atoms with Gasteiger partial charge in [0.1, 0.15) is 0 Å². The molecule has 0 aliphatic heterocycles. The Balaban J connectivity index is -0.0000000854. The van der Waals surface area contributed by atoms with Crippen LogP contribution in [0, 0.1) is 58.7 Å². The Labute approximate surface area is 256 Å². The van der Waals surface area contributed by atoms with Crippen molar-refractivity contribution in [1.82, 2.24) is 0 Å². The van der Waals surface area contributed by atoms with E-state index in [2.05, 4.69) is 159 Å². The first-order valence-electron chi connectivity index (χ1n) is 17.4. The third-order valence-corrected chi connectivity index (χ3v) is 7.03. The van der Waals surface area contributed by atoms with Crippen molar-refractivity contribution >= 4 is 0 Å². The van der Waals surface area contributed by atoms with Crippen molar-refractivity contribution in [3.63, 3.8) is 0 Å². The van der Waals surface area contributed by atoms with Crippen LogP contribution >= 0.6 is 0 Å². The van der Waals surface area contributed by atoms with Gasteiger partial charge >= 0.3 is 0 Å². The molecule has 0 aromatic rings. The van der Waals surface area contributed by atoms with Gasteiger partial charge < -0.3 is 0 Å². The molecule has 0 heteroatoms. The van der Waals surface area contributed by atoms with Crippen LogP contribution in [0.4, 0.5) is 0 Å². The first-order valence-corrected chi connectivity index (χ1v) is 17.4. The maximum absolute atomic E-state index is 2.35. The fourth-order valence-electron chi connectivity index (χ4n) is 2.69. The Morgan fingerprint density at radius 1 is 0.436 bits per heavy atom. The van der Waals surface area contributed by atoms with Crippen molar-refractivity contribution < 1.29 is 0 Å². The lowest BCUT2D eigenvalue weighted by Gasteiger charge is -2.14. The molecule has 4 atom stereocenters. The number of hydrogen-bond acceptors (Lipinski definition) is 0. The Morgan fingerprint density at radius 2 is 0.692 bits per heavy atom. The summed E-state index contributed by atoms with van der Waals surface area (Å²) < 4.78 is 0. The standard InChI is InChI=1S/C9H20.C8H18.C7H16.C6H14.C5H12.C4H10/c1-5-6-9(4)7-8(2)3;1-5-7(3)8(4)6-2;1-5-7(4)6(2)3;1-5(2)6(3)4;1-5(2,3)4;1-4(2)3/h8-9H,5-7H2,1-4H3;7-8H,5-6H2,1-4H3;6-7H,5H2,1-4H3;5-6H,1-4H3;1-4H3;4H,1-3H3. The predicted molar refractivity (Wildman–Crippen MR) is 192 cm³/mol. The summed E-state index contributed by atoms with van der Waals surface area (Å²) in [5, 5.41) is 0. The van der Waals surface area contributed by atoms with Crippen molar-refractivity contribution in [3.05, 3.63) is 0 Å². The third kappa shape index (κ3) is 78.8. The lowest BCUT2D eigenvalue weighted by Crippen LogP contribution is -2.04. The zero-order valence-corrected chi connectivity index (χ0v) is 32.9. The van der Waals surface area contributed by atoms with Crippen LogP contribution < -0.4 is 0 Å². The van der Waals surface area contributed by atoms with E-state index in [4.69, 9.17) is 0 Å². The Hall–Kier alpha value is 0. The van der Waals surface area contributed by atoms with Crippen molar-refractivity contribution in [1.29, 1.82) is 0 Å². The molecule has 0 aliphatic carbocycles. The molecule has 0 saturated carbocycles. The molecule has 0 aromatic heterocycles. The molecule has 0 aliphatic rings. The monoisotopic (exact) mass is 559 g/mol. The maximum Gasteiger partial charge on any atom is -0.0411 e. The Bertz CT molecular complexity index is 370. The molecule has 0 radical (unpaired) electrons. The molecule has 0 rings (SSSR count). The largest absolute Gasteiger partial charge is 0.0654 e. The van der Waals surface area contributed by atoms with Crippen molar-refractivity contribution in [2.75, 3.05) is 0 Å². The first-order chi connectivity index (χ1) is 17.4. The molecule has 0 fully saturated rings. The van der Waals surface area contributed by atoms with Crippen LogP contribution in [0.5, 0.6) is 0 Å². The van der Waals surface area contributed by atoms with Gasteiger partial charge in [0, 0.05) is 0 Å². The molecule has 0 bridgehead atoms. The molecule has 0 aromatic carbocycles. The third-order valence-electron chi connectivity index (χ3n) is 7.03. The van der Waals surface area contributed by atoms with Crippen LogP contribution in [0.15, 0.2) is 0 Å². The highest BCUT2D eigenvalue weighted by atomic mass is 14.1. The highest BCUT2D eigenvalue weighted by Crippen LogP contribution is 2.17. The van der Waals surface area contributed by atoms with Gasteiger partial charge in [-0.25, -0.2) is 0 Å². The molecule has 0 nitrogen and oxygen atoms in total. The summed E-state index contributed by atoms with van der Waals surface area (Å²) in [5.41, 5.74) is 0.500. The van der Waals surface area contributed by atoms with Gasteiger partial charge in [-0.1, -0.05) is 191 Å². The van der Waals surface area contributed by atoms with E-state index in [1.54, 1.807) is 0 Å². The molecule has 0 N–H and O–H groups in total. The van der Waals surface area contributed by atoms with E-state index in [-0.39, 0.29) is 0 Å². The molecule has 0 amide bonds. The normalized spacial score (nSPS) is 13.8. The van der Waals surface area contributed by atoms with Gasteiger partial charge in [-0.15, -0.1) is 0 Å². The van der Waals surface area contributed by atoms with Gasteiger partial charge in [-0.3, -0.25) is 0 Å². The second-order valence-electron chi connectivity index (χ2n) is 16.1. The second-order valence-corrected chi connectivity index (χ2v) is 16.1. The average Bonchev–Trinajstić information content (AvgIpc) is 2.76. The fraction of sp³-hybridized carbons (Fsp3) is 1.00. The number of rotatable bonds is 10. The van der Waals surface area contributed by atoms with E-state index in [0.717, 1.165) is 53.3 Å². The summed E-state index contributed by atoms with van der Waals surface area (Å²) in [6, 6.07) is 0. The van der Waals surface area contributed by atoms with Crippen LogP contribution in [0.1, 0.15) is 198 Å². The quantitative estimate of drug-likeness (QED) is 0.250. The summed E-state index contributed by atoms with van der Waals surface area (Å²) in [4.78, 5) is 0. The van der Waals surface area contributed by atoms with E-state index in [0.29, 0.717) is 5.41 Å². The number of hydrogen-bond donors (Lipinski definition) is 0. The summed E-state index contributed by atoms with van der Waals surface area (Å²) in [7, 11) is 0. The summed E-state index contributed by atoms with van der Waals surface area (Å²) >= 11 is 0. The maximum atomic E-state index is 2.35. The van der Waals surface area contributed by atoms with Crippen LogP contribution in [0.3, 0.4) is 0 Å². The first kappa shape index (κ1) is 51.7. The summed E-state index contributed by atoms with van der Waals surface area (Å²) in [6.07, 6.45) is 8.11. The van der Waals surface area contributed by atoms with E-state index < -0.39 is 0 Å². The Kier molecular flexibility index (Phi) is 45.4. The van der Waals surface area contributed by atoms with Crippen molar-refractivity contribution in [2.24, 2.45) is 58.7 Å². The molecular weight excluding hydrogens is 468 g/mol. The molecule has 39 heavy (non-hydrogen) atoms. The van der Waals surface area contributed by atoms with Gasteiger partial charge in [0.2, 0.25) is 0 Å². The Morgan fingerprint density at radius 3 is 0.795 bits per heavy atom. The van der Waals surface area contributed by atoms with E-state index in [1.165, 1.54) is 38.5 Å². The van der Waals surface area contributed by atoms with Crippen LogP contribution in [-0.4, -0.2) is 0 Å². The molecule has 0 heterocycles. The minimum atomic E-state index is 0.500. The van der Waals surface area contributed by atoms with E-state index in [9.17, 15) is 0 Å². The van der Waals surface area contributed by atoms with Gasteiger partial charge in [0.15, 0.2) is 0 Å².